The first-order chi connectivity index (χ1) is 19.1. The van der Waals surface area contributed by atoms with Crippen LogP contribution in [-0.2, 0) is 19.5 Å². The zero-order valence-corrected chi connectivity index (χ0v) is 24.8. The van der Waals surface area contributed by atoms with Crippen molar-refractivity contribution in [1.82, 2.24) is 24.7 Å². The van der Waals surface area contributed by atoms with E-state index in [-0.39, 0.29) is 29.9 Å². The van der Waals surface area contributed by atoms with Gasteiger partial charge in [-0.1, -0.05) is 12.5 Å². The monoisotopic (exact) mass is 574 g/mol. The van der Waals surface area contributed by atoms with E-state index in [9.17, 15) is 8.42 Å². The van der Waals surface area contributed by atoms with E-state index in [0.717, 1.165) is 24.8 Å². The van der Waals surface area contributed by atoms with Gasteiger partial charge >= 0.3 is 0 Å². The normalized spacial score (nSPS) is 19.0. The summed E-state index contributed by atoms with van der Waals surface area (Å²) < 4.78 is 55.2. The topological polar surface area (TPSA) is 140 Å². The van der Waals surface area contributed by atoms with Gasteiger partial charge in [0.25, 0.3) is 0 Å². The van der Waals surface area contributed by atoms with Crippen molar-refractivity contribution in [2.24, 2.45) is 0 Å². The summed E-state index contributed by atoms with van der Waals surface area (Å²) in [6.07, 6.45) is 4.60. The lowest BCUT2D eigenvalue weighted by molar-refractivity contribution is 0.00152. The van der Waals surface area contributed by atoms with E-state index in [0.29, 0.717) is 23.0 Å². The van der Waals surface area contributed by atoms with Gasteiger partial charge in [-0.05, 0) is 58.2 Å². The van der Waals surface area contributed by atoms with Crippen molar-refractivity contribution < 1.29 is 27.4 Å². The molecule has 218 valence electrons. The molecule has 0 amide bonds. The average Bonchev–Trinajstić information content (AvgIpc) is 3.57. The molecule has 1 aliphatic carbocycles. The van der Waals surface area contributed by atoms with Gasteiger partial charge in [0.05, 0.1) is 26.4 Å². The Bertz CT molecular complexity index is 1370. The van der Waals surface area contributed by atoms with Crippen LogP contribution in [0.4, 0.5) is 5.95 Å². The van der Waals surface area contributed by atoms with Gasteiger partial charge in [-0.25, -0.2) is 18.4 Å². The summed E-state index contributed by atoms with van der Waals surface area (Å²) in [5, 5.41) is 7.70. The fourth-order valence-corrected chi connectivity index (χ4v) is 6.07. The molecular formula is C27H38N6O6S. The van der Waals surface area contributed by atoms with Crippen LogP contribution >= 0.6 is 0 Å². The number of sulfonamides is 1. The lowest BCUT2D eigenvalue weighted by atomic mass is 10.0. The van der Waals surface area contributed by atoms with Crippen LogP contribution in [0, 0.1) is 6.92 Å². The number of hydrogen-bond acceptors (Lipinski definition) is 10. The van der Waals surface area contributed by atoms with Crippen LogP contribution in [-0.4, -0.2) is 71.9 Å². The lowest BCUT2D eigenvalue weighted by Crippen LogP contribution is -2.35. The van der Waals surface area contributed by atoms with Crippen molar-refractivity contribution in [3.63, 3.8) is 0 Å². The smallest absolute Gasteiger partial charge is 0.243 e. The first-order valence-electron chi connectivity index (χ1n) is 13.3. The second kappa shape index (κ2) is 12.5. The molecule has 40 heavy (non-hydrogen) atoms. The third-order valence-corrected chi connectivity index (χ3v) is 8.72. The fraction of sp³-hybridized carbons (Fsp3) is 0.556. The highest BCUT2D eigenvalue weighted by molar-refractivity contribution is 7.93. The van der Waals surface area contributed by atoms with E-state index >= 15 is 0 Å². The molecule has 4 rings (SSSR count). The molecule has 1 saturated carbocycles. The van der Waals surface area contributed by atoms with Crippen molar-refractivity contribution in [3.8, 4) is 17.2 Å². The highest BCUT2D eigenvalue weighted by atomic mass is 32.2. The number of nitrogens with one attached hydrogen (secondary N) is 1. The van der Waals surface area contributed by atoms with Gasteiger partial charge in [-0.3, -0.25) is 9.29 Å². The molecule has 2 heterocycles. The number of anilines is 1. The SMILES string of the molecule is COc1cccc(OC)c1-n1c(NS(=O)(=O)C(C)C(OC(C)C)c2ncc(C)cn2)nnc1[C@H]1CCC[C@H]1OC. The highest BCUT2D eigenvalue weighted by Crippen LogP contribution is 2.42. The summed E-state index contributed by atoms with van der Waals surface area (Å²) in [7, 11) is 0.639. The predicted molar refractivity (Wildman–Crippen MR) is 150 cm³/mol. The van der Waals surface area contributed by atoms with Crippen LogP contribution in [0.25, 0.3) is 5.69 Å². The number of hydrogen-bond donors (Lipinski definition) is 1. The number of nitrogens with zero attached hydrogens (tertiary/aromatic N) is 5. The Morgan fingerprint density at radius 2 is 1.65 bits per heavy atom. The third kappa shape index (κ3) is 6.06. The highest BCUT2D eigenvalue weighted by Gasteiger charge is 2.38. The molecule has 2 aromatic heterocycles. The molecule has 1 N–H and O–H groups in total. The van der Waals surface area contributed by atoms with E-state index in [1.54, 1.807) is 49.2 Å². The predicted octanol–water partition coefficient (Wildman–Crippen LogP) is 3.96. The molecule has 2 unspecified atom stereocenters. The average molecular weight is 575 g/mol. The molecule has 13 heteroatoms. The Labute approximate surface area is 235 Å². The molecule has 1 aromatic carbocycles. The Kier molecular flexibility index (Phi) is 9.26. The summed E-state index contributed by atoms with van der Waals surface area (Å²) in [5.41, 5.74) is 1.34. The third-order valence-electron chi connectivity index (χ3n) is 7.02. The summed E-state index contributed by atoms with van der Waals surface area (Å²) in [6.45, 7) is 7.08. The van der Waals surface area contributed by atoms with E-state index in [2.05, 4.69) is 24.9 Å². The molecule has 12 nitrogen and oxygen atoms in total. The molecule has 0 radical (unpaired) electrons. The van der Waals surface area contributed by atoms with Gasteiger partial charge in [0.1, 0.15) is 34.4 Å². The van der Waals surface area contributed by atoms with Crippen molar-refractivity contribution in [3.05, 3.63) is 47.8 Å². The molecular weight excluding hydrogens is 536 g/mol. The van der Waals surface area contributed by atoms with Crippen molar-refractivity contribution in [2.75, 3.05) is 26.1 Å². The van der Waals surface area contributed by atoms with Gasteiger partial charge in [0.2, 0.25) is 16.0 Å². The van der Waals surface area contributed by atoms with Crippen LogP contribution in [0.1, 0.15) is 69.3 Å². The van der Waals surface area contributed by atoms with Crippen molar-refractivity contribution in [2.45, 2.75) is 76.4 Å². The number of rotatable bonds is 12. The number of benzene rings is 1. The van der Waals surface area contributed by atoms with Gasteiger partial charge in [0.15, 0.2) is 5.82 Å². The number of aryl methyl sites for hydroxylation is 1. The van der Waals surface area contributed by atoms with E-state index < -0.39 is 21.4 Å². The molecule has 1 fully saturated rings. The Hall–Kier alpha value is -3.29. The van der Waals surface area contributed by atoms with Gasteiger partial charge < -0.3 is 18.9 Å². The first kappa shape index (κ1) is 29.7. The van der Waals surface area contributed by atoms with E-state index in [4.69, 9.17) is 18.9 Å². The fourth-order valence-electron chi connectivity index (χ4n) is 4.99. The van der Waals surface area contributed by atoms with Crippen molar-refractivity contribution in [1.29, 1.82) is 0 Å². The summed E-state index contributed by atoms with van der Waals surface area (Å²) in [4.78, 5) is 8.70. The number of para-hydroxylation sites is 1. The maximum Gasteiger partial charge on any atom is 0.243 e. The zero-order chi connectivity index (χ0) is 29.0. The molecule has 0 aliphatic heterocycles. The molecule has 4 atom stereocenters. The Morgan fingerprint density at radius 1 is 1.00 bits per heavy atom. The minimum atomic E-state index is -4.11. The largest absolute Gasteiger partial charge is 0.494 e. The maximum atomic E-state index is 13.9. The number of aromatic nitrogens is 5. The van der Waals surface area contributed by atoms with Crippen LogP contribution in [0.5, 0.6) is 11.5 Å². The van der Waals surface area contributed by atoms with Crippen LogP contribution in [0.2, 0.25) is 0 Å². The standard InChI is InChI=1S/C27H38N6O6S/c1-16(2)39-24(25-28-14-17(3)15-29-25)18(4)40(34,35)32-27-31-30-26(19-10-8-11-20(19)36-5)33(27)23-21(37-6)12-9-13-22(23)38-7/h9,12-16,18-20,24H,8,10-11H2,1-7H3,(H,31,32)/t18?,19-,20+,24?/m0/s1. The molecule has 0 saturated heterocycles. The minimum absolute atomic E-state index is 0.000440. The summed E-state index contributed by atoms with van der Waals surface area (Å²) in [5.74, 6) is 1.65. The quantitative estimate of drug-likeness (QED) is 0.338. The molecule has 0 spiro atoms. The maximum absolute atomic E-state index is 13.9. The second-order valence-corrected chi connectivity index (χ2v) is 12.2. The molecule has 0 bridgehead atoms. The lowest BCUT2D eigenvalue weighted by Gasteiger charge is -2.26. The van der Waals surface area contributed by atoms with Crippen LogP contribution in [0.15, 0.2) is 30.6 Å². The Balaban J connectivity index is 1.81. The zero-order valence-electron chi connectivity index (χ0n) is 24.0. The van der Waals surface area contributed by atoms with Gasteiger partial charge in [-0.2, -0.15) is 0 Å². The van der Waals surface area contributed by atoms with Gasteiger partial charge in [0, 0.05) is 25.4 Å². The second-order valence-electron chi connectivity index (χ2n) is 10.1. The summed E-state index contributed by atoms with van der Waals surface area (Å²) >= 11 is 0. The van der Waals surface area contributed by atoms with E-state index in [1.165, 1.54) is 14.2 Å². The number of methoxy groups -OCH3 is 3. The number of ether oxygens (including phenoxy) is 4. The van der Waals surface area contributed by atoms with Crippen molar-refractivity contribution >= 4 is 16.0 Å². The van der Waals surface area contributed by atoms with E-state index in [1.807, 2.05) is 20.8 Å². The van der Waals surface area contributed by atoms with Crippen LogP contribution < -0.4 is 14.2 Å². The first-order valence-corrected chi connectivity index (χ1v) is 14.8. The molecule has 3 aromatic rings. The summed E-state index contributed by atoms with van der Waals surface area (Å²) in [6, 6.07) is 5.33. The van der Waals surface area contributed by atoms with Gasteiger partial charge in [-0.15, -0.1) is 10.2 Å². The Morgan fingerprint density at radius 3 is 2.23 bits per heavy atom. The van der Waals surface area contributed by atoms with Crippen LogP contribution in [0.3, 0.4) is 0 Å². The molecule has 1 aliphatic rings. The minimum Gasteiger partial charge on any atom is -0.494 e.